The van der Waals surface area contributed by atoms with Crippen molar-refractivity contribution in [2.24, 2.45) is 0 Å². The van der Waals surface area contributed by atoms with Crippen LogP contribution in [-0.4, -0.2) is 109 Å². The lowest BCUT2D eigenvalue weighted by Crippen LogP contribution is -2.29. The van der Waals surface area contributed by atoms with E-state index in [0.29, 0.717) is 56.5 Å². The molecular weight excluding hydrogens is 1470 g/mol. The summed E-state index contributed by atoms with van der Waals surface area (Å²) in [6, 6.07) is 49.5. The Kier molecular flexibility index (Phi) is 27.6. The number of hydrogen-bond acceptors (Lipinski definition) is 17. The molecule has 12 aromatic rings. The number of rotatable bonds is 17. The summed E-state index contributed by atoms with van der Waals surface area (Å²) in [6.07, 6.45) is 18.8. The fraction of sp³-hybridized carbons (Fsp3) is 0.272. The highest BCUT2D eigenvalue weighted by Crippen LogP contribution is 2.30. The van der Waals surface area contributed by atoms with Crippen molar-refractivity contribution in [3.63, 3.8) is 0 Å². The number of methoxy groups -OCH3 is 1. The first-order valence-electron chi connectivity index (χ1n) is 39.1. The Balaban J connectivity index is 0.000000153. The number of anilines is 7. The fourth-order valence-corrected chi connectivity index (χ4v) is 13.1. The number of ether oxygens (including phenoxy) is 1. The van der Waals surface area contributed by atoms with Gasteiger partial charge < -0.3 is 61.1 Å². The molecule has 0 unspecified atom stereocenters. The van der Waals surface area contributed by atoms with E-state index in [1.165, 1.54) is 44.7 Å². The molecule has 4 amide bonds. The molecule has 2 aliphatic heterocycles. The molecule has 0 atom stereocenters. The fourth-order valence-electron chi connectivity index (χ4n) is 13.1. The average molecular weight is 1570 g/mol. The molecule has 602 valence electrons. The van der Waals surface area contributed by atoms with Gasteiger partial charge in [-0.25, -0.2) is 19.9 Å². The molecule has 2 saturated heterocycles. The summed E-state index contributed by atoms with van der Waals surface area (Å²) in [5.41, 5.74) is 13.1. The maximum absolute atomic E-state index is 12.8. The topological polar surface area (TPSA) is 340 Å². The van der Waals surface area contributed by atoms with Crippen molar-refractivity contribution >= 4 is 63.6 Å². The third-order valence-electron chi connectivity index (χ3n) is 19.9. The number of pyridine rings is 5. The second kappa shape index (κ2) is 38.4. The van der Waals surface area contributed by atoms with Gasteiger partial charge in [-0.3, -0.25) is 43.3 Å². The monoisotopic (exact) mass is 1570 g/mol. The number of aryl methyl sites for hydroxylation is 2. The molecular formula is C92H100N16O9. The van der Waals surface area contributed by atoms with Crippen molar-refractivity contribution in [3.05, 3.63) is 299 Å². The minimum absolute atomic E-state index is 0.0111. The predicted molar refractivity (Wildman–Crippen MR) is 466 cm³/mol. The lowest BCUT2D eigenvalue weighted by Gasteiger charge is -2.28. The van der Waals surface area contributed by atoms with E-state index in [1.54, 1.807) is 130 Å². The maximum Gasteiger partial charge on any atom is 0.271 e. The molecule has 0 radical (unpaired) electrons. The number of amides is 4. The predicted octanol–water partition coefficient (Wildman–Crippen LogP) is 16.5. The molecule has 9 heterocycles. The highest BCUT2D eigenvalue weighted by atomic mass is 16.5. The highest BCUT2D eigenvalue weighted by Gasteiger charge is 2.22. The molecule has 5 aromatic carbocycles. The maximum atomic E-state index is 12.8. The van der Waals surface area contributed by atoms with Crippen molar-refractivity contribution in [2.75, 3.05) is 76.7 Å². The van der Waals surface area contributed by atoms with Crippen molar-refractivity contribution in [3.8, 4) is 50.6 Å². The minimum Gasteiger partial charge on any atom is -0.497 e. The van der Waals surface area contributed by atoms with Gasteiger partial charge in [-0.2, -0.15) is 0 Å². The average Bonchev–Trinajstić information content (AvgIpc) is 0.813. The zero-order chi connectivity index (χ0) is 83.5. The number of nitrogens with one attached hydrogen (secondary N) is 9. The molecule has 7 aromatic heterocycles. The summed E-state index contributed by atoms with van der Waals surface area (Å²) in [5.74, 6) is 1.44. The first kappa shape index (κ1) is 84.2. The number of hydrogen-bond donors (Lipinski definition) is 9. The van der Waals surface area contributed by atoms with Crippen LogP contribution < -0.4 is 63.4 Å². The Morgan fingerprint density at radius 2 is 0.872 bits per heavy atom. The van der Waals surface area contributed by atoms with Crippen LogP contribution in [0.4, 0.5) is 39.9 Å². The van der Waals surface area contributed by atoms with E-state index in [2.05, 4.69) is 123 Å². The number of nitrogens with zero attached hydrogens (tertiary/aromatic N) is 7. The van der Waals surface area contributed by atoms with E-state index >= 15 is 0 Å². The van der Waals surface area contributed by atoms with Crippen LogP contribution in [0.15, 0.2) is 226 Å². The van der Waals surface area contributed by atoms with Crippen LogP contribution in [0.3, 0.4) is 0 Å². The summed E-state index contributed by atoms with van der Waals surface area (Å²) < 4.78 is 5.24. The molecule has 25 nitrogen and oxygen atoms in total. The number of aromatic nitrogens is 9. The van der Waals surface area contributed by atoms with Crippen molar-refractivity contribution in [1.29, 1.82) is 0 Å². The standard InChI is InChI=1S/C25H29N5O2.C23H24N2O3.C22H24N6O2.C22H23N3O2/c1-16(2)23-27-17(3)13-21(28-23)19-14-22(25(32)26-15-19)29-24(31)18-7-9-20(10-8-18)30-11-5-4-6-12-30;1-23(2,3)18-10-8-15(9-11-18)21(26)25-20-13-17(14-24-22(20)27)16-6-5-7-19(12-16)28-4;1-23-19-9-10-24-20(27-19)16-13-18(22(30)25-14-16)26-21(29)15-5-7-17(8-6-15)28-11-3-2-4-12-28;1-14-9-10-23-13-18(14)16-11-19(21(27)24-12-16)25-20(26)15-5-7-17(8-6-15)22(2,3)4/h7-10,13-16H,4-6,11-12H2,1-3H3,(H,26,32)(H,29,31);5-14H,1-4H3,(H,24,27)(H,25,26);5-10,13-14H,2-4,11-12H2,1H3,(H,25,30)(H,26,29)(H,23,24,27);5-13H,1-4H3,(H,24,27)(H,25,26). The number of carbonyl (C=O) groups excluding carboxylic acids is 4. The molecule has 14 rings (SSSR count). The van der Waals surface area contributed by atoms with Gasteiger partial charge in [0.15, 0.2) is 5.82 Å². The first-order valence-corrected chi connectivity index (χ1v) is 39.1. The van der Waals surface area contributed by atoms with Crippen LogP contribution >= 0.6 is 0 Å². The lowest BCUT2D eigenvalue weighted by atomic mass is 9.86. The highest BCUT2D eigenvalue weighted by molar-refractivity contribution is 6.07. The van der Waals surface area contributed by atoms with Gasteiger partial charge in [-0.1, -0.05) is 91.8 Å². The summed E-state index contributed by atoms with van der Waals surface area (Å²) in [4.78, 5) is 137. The van der Waals surface area contributed by atoms with E-state index < -0.39 is 0 Å². The second-order valence-corrected chi connectivity index (χ2v) is 31.0. The zero-order valence-electron chi connectivity index (χ0n) is 68.1. The Labute approximate surface area is 679 Å². The van der Waals surface area contributed by atoms with E-state index in [0.717, 1.165) is 88.0 Å². The molecule has 25 heteroatoms. The molecule has 0 saturated carbocycles. The van der Waals surface area contributed by atoms with Gasteiger partial charge in [0.25, 0.3) is 45.9 Å². The Hall–Kier alpha value is -13.7. The Morgan fingerprint density at radius 1 is 0.453 bits per heavy atom. The second-order valence-electron chi connectivity index (χ2n) is 31.0. The molecule has 9 N–H and O–H groups in total. The number of H-pyrrole nitrogens is 4. The summed E-state index contributed by atoms with van der Waals surface area (Å²) in [5, 5.41) is 13.8. The third-order valence-corrected chi connectivity index (χ3v) is 19.9. The van der Waals surface area contributed by atoms with Gasteiger partial charge >= 0.3 is 0 Å². The van der Waals surface area contributed by atoms with E-state index in [1.807, 2.05) is 113 Å². The van der Waals surface area contributed by atoms with Crippen molar-refractivity contribution < 1.29 is 23.9 Å². The molecule has 0 aliphatic carbocycles. The molecule has 0 bridgehead atoms. The first-order chi connectivity index (χ1) is 56.1. The molecule has 2 fully saturated rings. The largest absolute Gasteiger partial charge is 0.497 e. The number of carbonyl (C=O) groups is 4. The minimum atomic E-state index is -0.387. The van der Waals surface area contributed by atoms with Crippen LogP contribution in [-0.2, 0) is 10.8 Å². The lowest BCUT2D eigenvalue weighted by molar-refractivity contribution is 0.101. The van der Waals surface area contributed by atoms with Gasteiger partial charge in [0.05, 0.1) is 12.8 Å². The zero-order valence-corrected chi connectivity index (χ0v) is 68.1. The third kappa shape index (κ3) is 22.6. The van der Waals surface area contributed by atoms with Crippen molar-refractivity contribution in [2.45, 2.75) is 125 Å². The van der Waals surface area contributed by atoms with Gasteiger partial charge in [0.2, 0.25) is 0 Å². The van der Waals surface area contributed by atoms with E-state index in [4.69, 9.17) is 4.74 Å². The summed E-state index contributed by atoms with van der Waals surface area (Å²) in [6.45, 7) is 24.9. The SMILES string of the molecule is CNc1ccnc(-c2c[nH]c(=O)c(NC(=O)c3ccc(N4CCCCC4)cc3)c2)n1.COc1cccc(-c2c[nH]c(=O)c(NC(=O)c3ccc(C(C)(C)C)cc3)c2)c1.Cc1cc(-c2c[nH]c(=O)c(NC(=O)c3ccc(N4CCCCC4)cc3)c2)nc(C(C)C)n1.Cc1ccncc1-c1c[nH]c(=O)c(NC(=O)c2ccc(C(C)(C)C)cc2)c1. The van der Waals surface area contributed by atoms with Crippen LogP contribution in [0.5, 0.6) is 5.75 Å². The van der Waals surface area contributed by atoms with Crippen LogP contribution in [0.2, 0.25) is 0 Å². The van der Waals surface area contributed by atoms with Crippen LogP contribution in [0, 0.1) is 13.8 Å². The Bertz CT molecular complexity index is 5740. The molecule has 2 aliphatic rings. The van der Waals surface area contributed by atoms with Gasteiger partial charge in [-0.15, -0.1) is 0 Å². The quantitative estimate of drug-likeness (QED) is 0.0409. The summed E-state index contributed by atoms with van der Waals surface area (Å²) in [7, 11) is 3.36. The van der Waals surface area contributed by atoms with E-state index in [9.17, 15) is 38.4 Å². The van der Waals surface area contributed by atoms with E-state index in [-0.39, 0.29) is 85.4 Å². The van der Waals surface area contributed by atoms with Gasteiger partial charge in [0.1, 0.15) is 40.1 Å². The van der Waals surface area contributed by atoms with Crippen LogP contribution in [0.1, 0.15) is 169 Å². The number of piperidine rings is 2. The van der Waals surface area contributed by atoms with Gasteiger partial charge in [0, 0.05) is 150 Å². The number of benzene rings is 5. The van der Waals surface area contributed by atoms with Crippen LogP contribution in [0.25, 0.3) is 44.9 Å². The molecule has 117 heavy (non-hydrogen) atoms. The molecule has 0 spiro atoms. The van der Waals surface area contributed by atoms with Gasteiger partial charge in [-0.05, 0) is 213 Å². The normalized spacial score (nSPS) is 12.6. The smallest absolute Gasteiger partial charge is 0.271 e. The summed E-state index contributed by atoms with van der Waals surface area (Å²) >= 11 is 0. The van der Waals surface area contributed by atoms with Crippen molar-refractivity contribution in [1.82, 2.24) is 44.9 Å². The number of aromatic amines is 4. The Morgan fingerprint density at radius 3 is 1.31 bits per heavy atom.